The quantitative estimate of drug-likeness (QED) is 0.745. The van der Waals surface area contributed by atoms with Gasteiger partial charge in [0, 0.05) is 18.9 Å². The number of hydrogen-bond acceptors (Lipinski definition) is 6. The lowest BCUT2D eigenvalue weighted by Crippen LogP contribution is -2.51. The van der Waals surface area contributed by atoms with Crippen LogP contribution in [0.3, 0.4) is 0 Å². The molecule has 3 aliphatic heterocycles. The second-order valence-corrected chi connectivity index (χ2v) is 8.23. The Kier molecular flexibility index (Phi) is 4.60. The lowest BCUT2D eigenvalue weighted by atomic mass is 9.80. The summed E-state index contributed by atoms with van der Waals surface area (Å²) in [5, 5.41) is 18.7. The van der Waals surface area contributed by atoms with Crippen molar-refractivity contribution in [3.8, 4) is 17.2 Å². The predicted molar refractivity (Wildman–Crippen MR) is 117 cm³/mol. The molecule has 7 nitrogen and oxygen atoms in total. The summed E-state index contributed by atoms with van der Waals surface area (Å²) < 4.78 is 11.7. The Balaban J connectivity index is 1.63. The number of para-hydroxylation sites is 1. The number of piperidine rings is 1. The highest BCUT2D eigenvalue weighted by Gasteiger charge is 2.55. The van der Waals surface area contributed by atoms with E-state index in [1.807, 2.05) is 31.2 Å². The number of carbonyl (C=O) groups is 1. The van der Waals surface area contributed by atoms with Gasteiger partial charge in [0.1, 0.15) is 35.5 Å². The van der Waals surface area contributed by atoms with Crippen molar-refractivity contribution >= 4 is 17.8 Å². The first-order valence-corrected chi connectivity index (χ1v) is 10.7. The van der Waals surface area contributed by atoms with E-state index in [1.54, 1.807) is 25.4 Å². The van der Waals surface area contributed by atoms with E-state index in [0.717, 1.165) is 48.5 Å². The van der Waals surface area contributed by atoms with Gasteiger partial charge in [0.25, 0.3) is 0 Å². The maximum Gasteiger partial charge on any atom is 0.380 e. The van der Waals surface area contributed by atoms with Gasteiger partial charge in [-0.2, -0.15) is 0 Å². The third-order valence-electron chi connectivity index (χ3n) is 6.36. The number of hydrogen-bond donors (Lipinski definition) is 2. The maximum atomic E-state index is 13.8. The van der Waals surface area contributed by atoms with E-state index in [-0.39, 0.29) is 21.8 Å². The van der Waals surface area contributed by atoms with Crippen molar-refractivity contribution < 1.29 is 24.0 Å². The van der Waals surface area contributed by atoms with Crippen LogP contribution in [0.1, 0.15) is 35.7 Å². The Morgan fingerprint density at radius 3 is 2.77 bits per heavy atom. The third-order valence-corrected chi connectivity index (χ3v) is 6.36. The number of nitrogens with zero attached hydrogens (tertiary/aromatic N) is 2. The molecule has 1 amide bonds. The van der Waals surface area contributed by atoms with Gasteiger partial charge >= 0.3 is 5.91 Å². The fourth-order valence-electron chi connectivity index (χ4n) is 4.80. The van der Waals surface area contributed by atoms with Crippen LogP contribution >= 0.6 is 0 Å². The number of quaternary nitrogens is 1. The van der Waals surface area contributed by atoms with E-state index in [1.165, 1.54) is 6.07 Å². The van der Waals surface area contributed by atoms with Gasteiger partial charge in [-0.15, -0.1) is 4.59 Å². The first kappa shape index (κ1) is 19.8. The zero-order chi connectivity index (χ0) is 21.6. The summed E-state index contributed by atoms with van der Waals surface area (Å²) in [6.07, 6.45) is 3.39. The molecule has 0 radical (unpaired) electrons. The Hall–Kier alpha value is -3.16. The molecule has 2 aromatic carbocycles. The lowest BCUT2D eigenvalue weighted by Gasteiger charge is -2.42. The van der Waals surface area contributed by atoms with Crippen molar-refractivity contribution in [2.24, 2.45) is 5.10 Å². The molecular weight excluding hydrogens is 394 g/mol. The van der Waals surface area contributed by atoms with Crippen LogP contribution in [-0.4, -0.2) is 54.2 Å². The van der Waals surface area contributed by atoms with Crippen LogP contribution in [0.4, 0.5) is 0 Å². The number of ether oxygens (including phenoxy) is 2. The Morgan fingerprint density at radius 2 is 2.03 bits per heavy atom. The Bertz CT molecular complexity index is 1120. The zero-order valence-corrected chi connectivity index (χ0v) is 17.7. The van der Waals surface area contributed by atoms with Crippen molar-refractivity contribution in [2.75, 3.05) is 26.7 Å². The summed E-state index contributed by atoms with van der Waals surface area (Å²) in [7, 11) is 1.77. The van der Waals surface area contributed by atoms with E-state index in [0.29, 0.717) is 12.4 Å². The van der Waals surface area contributed by atoms with Crippen LogP contribution in [0.2, 0.25) is 0 Å². The van der Waals surface area contributed by atoms with Crippen LogP contribution in [0.15, 0.2) is 53.1 Å². The summed E-state index contributed by atoms with van der Waals surface area (Å²) in [5.41, 5.74) is 2.34. The van der Waals surface area contributed by atoms with Crippen LogP contribution < -0.4 is 14.8 Å². The summed E-state index contributed by atoms with van der Waals surface area (Å²) in [4.78, 5) is 13.8. The van der Waals surface area contributed by atoms with E-state index in [9.17, 15) is 9.90 Å². The molecule has 3 heterocycles. The molecule has 3 aliphatic rings. The molecular formula is C24H26N3O4+. The second-order valence-electron chi connectivity index (χ2n) is 8.23. The number of nitrogens with one attached hydrogen (secondary N) is 1. The van der Waals surface area contributed by atoms with Gasteiger partial charge in [0.2, 0.25) is 0 Å². The largest absolute Gasteiger partial charge is 0.507 e. The smallest absolute Gasteiger partial charge is 0.380 e. The molecule has 1 atom stereocenters. The molecule has 0 aliphatic carbocycles. The highest BCUT2D eigenvalue weighted by molar-refractivity contribution is 6.03. The van der Waals surface area contributed by atoms with Gasteiger partial charge < -0.3 is 19.9 Å². The van der Waals surface area contributed by atoms with Crippen LogP contribution in [0.5, 0.6) is 17.2 Å². The first-order valence-electron chi connectivity index (χ1n) is 10.7. The fraction of sp³-hybridized carbons (Fsp3) is 0.333. The average Bonchev–Trinajstić information content (AvgIpc) is 3.14. The van der Waals surface area contributed by atoms with E-state index >= 15 is 0 Å². The average molecular weight is 420 g/mol. The highest BCUT2D eigenvalue weighted by Crippen LogP contribution is 2.50. The predicted octanol–water partition coefficient (Wildman–Crippen LogP) is 3.30. The molecule has 5 rings (SSSR count). The number of fused-ring (bicyclic) bond motifs is 3. The normalized spacial score (nSPS) is 23.3. The number of benzene rings is 2. The molecule has 1 saturated heterocycles. The molecule has 1 unspecified atom stereocenters. The summed E-state index contributed by atoms with van der Waals surface area (Å²) >= 11 is 0. The topological polar surface area (TPSA) is 80.2 Å². The third kappa shape index (κ3) is 2.96. The van der Waals surface area contributed by atoms with Crippen LogP contribution in [0, 0.1) is 0 Å². The van der Waals surface area contributed by atoms with Gasteiger partial charge in [-0.1, -0.05) is 17.2 Å². The van der Waals surface area contributed by atoms with Gasteiger partial charge in [0.15, 0.2) is 5.70 Å². The van der Waals surface area contributed by atoms with E-state index < -0.39 is 5.60 Å². The fourth-order valence-corrected chi connectivity index (χ4v) is 4.80. The number of phenols is 1. The molecule has 1 fully saturated rings. The minimum atomic E-state index is -0.504. The number of aromatic hydroxyl groups is 1. The zero-order valence-electron chi connectivity index (χ0n) is 17.7. The number of rotatable bonds is 3. The number of amides is 1. The molecule has 31 heavy (non-hydrogen) atoms. The van der Waals surface area contributed by atoms with Gasteiger partial charge in [-0.05, 0) is 44.3 Å². The van der Waals surface area contributed by atoms with Crippen molar-refractivity contribution in [1.29, 1.82) is 0 Å². The van der Waals surface area contributed by atoms with E-state index in [2.05, 4.69) is 10.4 Å². The molecule has 2 aromatic rings. The van der Waals surface area contributed by atoms with Crippen molar-refractivity contribution in [3.05, 3.63) is 59.2 Å². The summed E-state index contributed by atoms with van der Waals surface area (Å²) in [6, 6.07) is 12.6. The van der Waals surface area contributed by atoms with Gasteiger partial charge in [-0.25, -0.2) is 4.79 Å². The minimum Gasteiger partial charge on any atom is -0.507 e. The molecule has 0 bridgehead atoms. The van der Waals surface area contributed by atoms with Gasteiger partial charge in [-0.3, -0.25) is 0 Å². The van der Waals surface area contributed by atoms with Crippen molar-refractivity contribution in [3.63, 3.8) is 0 Å². The number of carbonyl (C=O) groups excluding carboxylic acids is 1. The molecule has 7 heteroatoms. The van der Waals surface area contributed by atoms with Crippen LogP contribution in [-0.2, 0) is 0 Å². The molecule has 2 N–H and O–H groups in total. The Morgan fingerprint density at radius 1 is 1.26 bits per heavy atom. The first-order chi connectivity index (χ1) is 15.0. The monoisotopic (exact) mass is 420 g/mol. The number of phenolic OH excluding ortho intramolecular Hbond substituents is 1. The maximum absolute atomic E-state index is 13.8. The SMILES string of the molecule is CCOc1ccc(C(=O)[N+]2(C)N=CC3=C2c2ccccc2OC32CCNCC2)c(O)c1. The van der Waals surface area contributed by atoms with Gasteiger partial charge in [0.05, 0.1) is 24.0 Å². The Labute approximate surface area is 181 Å². The lowest BCUT2D eigenvalue weighted by molar-refractivity contribution is -0.758. The standard InChI is InChI=1S/C24H25N3O4/c1-3-30-16-8-9-17(20(28)14-16)23(29)27(2)22-18-6-4-5-7-21(18)31-24(19(22)15-26-27)10-12-25-13-11-24/h4-9,14-15,25H,3,10-13H2,1-2H3/p+1. The molecule has 0 saturated carbocycles. The molecule has 160 valence electrons. The van der Waals surface area contributed by atoms with Crippen molar-refractivity contribution in [1.82, 2.24) is 5.32 Å². The summed E-state index contributed by atoms with van der Waals surface area (Å²) in [6.45, 7) is 4.03. The molecule has 0 aromatic heterocycles. The van der Waals surface area contributed by atoms with E-state index in [4.69, 9.17) is 9.47 Å². The summed E-state index contributed by atoms with van der Waals surface area (Å²) in [5.74, 6) is 0.870. The molecule has 1 spiro atoms. The van der Waals surface area contributed by atoms with Crippen molar-refractivity contribution in [2.45, 2.75) is 25.4 Å². The highest BCUT2D eigenvalue weighted by atomic mass is 16.5. The minimum absolute atomic E-state index is 0.114. The second kappa shape index (κ2) is 7.21. The van der Waals surface area contributed by atoms with Crippen LogP contribution in [0.25, 0.3) is 5.70 Å².